The maximum absolute atomic E-state index is 13.1. The Bertz CT molecular complexity index is 1570. The second-order valence-corrected chi connectivity index (χ2v) is 12.8. The number of esters is 2. The number of likely N-dealkylation sites (N-methyl/N-ethyl adjacent to an activating group) is 1. The summed E-state index contributed by atoms with van der Waals surface area (Å²) in [5, 5.41) is 8.62. The number of rotatable bonds is 17. The van der Waals surface area contributed by atoms with Crippen molar-refractivity contribution in [2.24, 2.45) is 11.8 Å². The fraction of sp³-hybridized carbons (Fsp3) is 0.432. The lowest BCUT2D eigenvalue weighted by molar-refractivity contribution is -0.151. The first-order valence-electron chi connectivity index (χ1n) is 16.7. The van der Waals surface area contributed by atoms with Crippen molar-refractivity contribution in [3.63, 3.8) is 0 Å². The maximum Gasteiger partial charge on any atom is 0.418 e. The van der Waals surface area contributed by atoms with Gasteiger partial charge < -0.3 is 35.1 Å². The number of nitrogens with zero attached hydrogens (tertiary/aromatic N) is 3. The van der Waals surface area contributed by atoms with Gasteiger partial charge in [0.15, 0.2) is 0 Å². The van der Waals surface area contributed by atoms with Crippen molar-refractivity contribution in [3.05, 3.63) is 77.5 Å². The Morgan fingerprint density at radius 2 is 1.56 bits per heavy atom. The number of amides is 3. The van der Waals surface area contributed by atoms with Gasteiger partial charge in [-0.25, -0.2) is 14.6 Å². The van der Waals surface area contributed by atoms with E-state index in [1.54, 1.807) is 19.2 Å². The van der Waals surface area contributed by atoms with Crippen molar-refractivity contribution in [2.75, 3.05) is 61.0 Å². The van der Waals surface area contributed by atoms with Crippen LogP contribution in [-0.4, -0.2) is 69.6 Å². The molecule has 0 saturated heterocycles. The van der Waals surface area contributed by atoms with E-state index in [0.717, 1.165) is 34.8 Å². The van der Waals surface area contributed by atoms with Gasteiger partial charge in [0.05, 0.1) is 17.9 Å². The van der Waals surface area contributed by atoms with Crippen molar-refractivity contribution in [3.8, 4) is 0 Å². The largest absolute Gasteiger partial charge is 0.460 e. The molecule has 0 aliphatic rings. The van der Waals surface area contributed by atoms with Gasteiger partial charge in [-0.3, -0.25) is 14.5 Å². The summed E-state index contributed by atoms with van der Waals surface area (Å²) in [6, 6.07) is 16.3. The quantitative estimate of drug-likeness (QED) is 0.112. The summed E-state index contributed by atoms with van der Waals surface area (Å²) in [6.07, 6.45) is 1.04. The molecule has 1 aromatic heterocycles. The predicted octanol–water partition coefficient (Wildman–Crippen LogP) is 6.12. The van der Waals surface area contributed by atoms with Crippen molar-refractivity contribution >= 4 is 46.9 Å². The van der Waals surface area contributed by atoms with Crippen LogP contribution in [0.1, 0.15) is 50.8 Å². The molecular weight excluding hydrogens is 640 g/mol. The van der Waals surface area contributed by atoms with E-state index in [-0.39, 0.29) is 31.4 Å². The molecule has 0 radical (unpaired) electrons. The van der Waals surface area contributed by atoms with E-state index in [0.29, 0.717) is 35.2 Å². The van der Waals surface area contributed by atoms with E-state index in [1.807, 2.05) is 49.4 Å². The Labute approximate surface area is 294 Å². The molecule has 0 fully saturated rings. The first-order chi connectivity index (χ1) is 23.9. The van der Waals surface area contributed by atoms with Crippen LogP contribution in [0.5, 0.6) is 0 Å². The SMILES string of the molecule is CNCC(=O)OCc1cccnc1N(C)C(=O)OCOC(=O)CCc1ccc(N(CC(C)C)CC(C)C)c(NC(=O)Nc2ccc(C)cc2)c1. The van der Waals surface area contributed by atoms with Crippen LogP contribution in [0.15, 0.2) is 60.8 Å². The molecule has 0 unspecified atom stereocenters. The number of urea groups is 1. The minimum absolute atomic E-state index is 0.0197. The number of aryl methyl sites for hydroxylation is 2. The standard InChI is InChI=1S/C37H50N6O7/c1-25(2)21-43(22-26(3)4)32-16-12-28(19-31(32)41-36(46)40-30-14-10-27(5)11-15-30)13-17-33(44)49-24-50-37(47)42(7)35-29(9-8-18-39-35)23-48-34(45)20-38-6/h8-12,14-16,18-19,25-26,38H,13,17,20-24H2,1-7H3,(H2,40,41,46). The maximum atomic E-state index is 13.1. The van der Waals surface area contributed by atoms with Crippen LogP contribution in [0.2, 0.25) is 0 Å². The first-order valence-corrected chi connectivity index (χ1v) is 16.7. The van der Waals surface area contributed by atoms with E-state index < -0.39 is 24.8 Å². The third kappa shape index (κ3) is 13.0. The van der Waals surface area contributed by atoms with Gasteiger partial charge in [0, 0.05) is 44.0 Å². The Hall–Kier alpha value is -5.17. The monoisotopic (exact) mass is 690 g/mol. The highest BCUT2D eigenvalue weighted by Crippen LogP contribution is 2.30. The molecule has 13 nitrogen and oxygen atoms in total. The summed E-state index contributed by atoms with van der Waals surface area (Å²) in [5.74, 6) is 0.00981. The van der Waals surface area contributed by atoms with Gasteiger partial charge in [0.25, 0.3) is 0 Å². The Morgan fingerprint density at radius 1 is 0.860 bits per heavy atom. The van der Waals surface area contributed by atoms with Gasteiger partial charge in [-0.05, 0) is 68.1 Å². The van der Waals surface area contributed by atoms with Crippen molar-refractivity contribution < 1.29 is 33.4 Å². The zero-order valence-corrected chi connectivity index (χ0v) is 30.1. The molecule has 1 heterocycles. The van der Waals surface area contributed by atoms with Crippen LogP contribution in [0.4, 0.5) is 32.5 Å². The number of pyridine rings is 1. The number of anilines is 4. The molecule has 3 amide bonds. The number of benzene rings is 2. The smallest absolute Gasteiger partial charge is 0.418 e. The minimum atomic E-state index is -0.804. The predicted molar refractivity (Wildman–Crippen MR) is 194 cm³/mol. The fourth-order valence-corrected chi connectivity index (χ4v) is 5.03. The zero-order valence-electron chi connectivity index (χ0n) is 30.1. The molecule has 3 rings (SSSR count). The van der Waals surface area contributed by atoms with Crippen LogP contribution in [0.3, 0.4) is 0 Å². The second kappa shape index (κ2) is 19.7. The average molecular weight is 691 g/mol. The minimum Gasteiger partial charge on any atom is -0.460 e. The highest BCUT2D eigenvalue weighted by atomic mass is 16.7. The normalized spacial score (nSPS) is 10.8. The van der Waals surface area contributed by atoms with E-state index >= 15 is 0 Å². The molecule has 50 heavy (non-hydrogen) atoms. The third-order valence-corrected chi connectivity index (χ3v) is 7.32. The van der Waals surface area contributed by atoms with Crippen molar-refractivity contribution in [1.29, 1.82) is 0 Å². The average Bonchev–Trinajstić information content (AvgIpc) is 3.06. The highest BCUT2D eigenvalue weighted by Gasteiger charge is 2.20. The molecule has 0 aliphatic heterocycles. The summed E-state index contributed by atoms with van der Waals surface area (Å²) < 4.78 is 15.5. The lowest BCUT2D eigenvalue weighted by atomic mass is 10.1. The first kappa shape index (κ1) is 39.3. The summed E-state index contributed by atoms with van der Waals surface area (Å²) in [4.78, 5) is 57.7. The van der Waals surface area contributed by atoms with Gasteiger partial charge in [-0.15, -0.1) is 0 Å². The molecular formula is C37H50N6O7. The number of ether oxygens (including phenoxy) is 3. The topological polar surface area (TPSA) is 151 Å². The molecule has 0 bridgehead atoms. The lowest BCUT2D eigenvalue weighted by Crippen LogP contribution is -2.32. The summed E-state index contributed by atoms with van der Waals surface area (Å²) in [6.45, 7) is 11.6. The van der Waals surface area contributed by atoms with E-state index in [1.165, 1.54) is 13.2 Å². The molecule has 2 aromatic carbocycles. The number of carbonyl (C=O) groups is 4. The van der Waals surface area contributed by atoms with Gasteiger partial charge >= 0.3 is 24.1 Å². The Balaban J connectivity index is 1.62. The van der Waals surface area contributed by atoms with Crippen LogP contribution in [0, 0.1) is 18.8 Å². The van der Waals surface area contributed by atoms with Crippen LogP contribution < -0.4 is 25.8 Å². The number of hydrogen-bond acceptors (Lipinski definition) is 10. The molecule has 270 valence electrons. The lowest BCUT2D eigenvalue weighted by Gasteiger charge is -2.30. The van der Waals surface area contributed by atoms with Crippen molar-refractivity contribution in [1.82, 2.24) is 10.3 Å². The fourth-order valence-electron chi connectivity index (χ4n) is 5.03. The number of nitrogens with one attached hydrogen (secondary N) is 3. The van der Waals surface area contributed by atoms with Crippen LogP contribution in [0.25, 0.3) is 0 Å². The molecule has 0 spiro atoms. The van der Waals surface area contributed by atoms with E-state index in [2.05, 4.69) is 53.5 Å². The summed E-state index contributed by atoms with van der Waals surface area (Å²) in [7, 11) is 3.08. The number of aromatic nitrogens is 1. The molecule has 3 aromatic rings. The van der Waals surface area contributed by atoms with Gasteiger partial charge in [-0.2, -0.15) is 0 Å². The molecule has 0 atom stereocenters. The van der Waals surface area contributed by atoms with Gasteiger partial charge in [0.2, 0.25) is 6.79 Å². The zero-order chi connectivity index (χ0) is 36.6. The summed E-state index contributed by atoms with van der Waals surface area (Å²) >= 11 is 0. The van der Waals surface area contributed by atoms with E-state index in [9.17, 15) is 19.2 Å². The second-order valence-electron chi connectivity index (χ2n) is 12.8. The number of carbonyl (C=O) groups excluding carboxylic acids is 4. The molecule has 0 saturated carbocycles. The molecule has 13 heteroatoms. The van der Waals surface area contributed by atoms with Gasteiger partial charge in [-0.1, -0.05) is 57.5 Å². The Kier molecular flexibility index (Phi) is 15.5. The third-order valence-electron chi connectivity index (χ3n) is 7.32. The Morgan fingerprint density at radius 3 is 2.22 bits per heavy atom. The van der Waals surface area contributed by atoms with E-state index in [4.69, 9.17) is 14.2 Å². The highest BCUT2D eigenvalue weighted by molar-refractivity contribution is 6.02. The van der Waals surface area contributed by atoms with Crippen LogP contribution >= 0.6 is 0 Å². The number of hydrogen-bond donors (Lipinski definition) is 3. The van der Waals surface area contributed by atoms with Crippen molar-refractivity contribution in [2.45, 2.75) is 54.1 Å². The van der Waals surface area contributed by atoms with Crippen LogP contribution in [-0.2, 0) is 36.8 Å². The molecule has 3 N–H and O–H groups in total. The summed E-state index contributed by atoms with van der Waals surface area (Å²) in [5.41, 5.74) is 4.60. The molecule has 0 aliphatic carbocycles. The van der Waals surface area contributed by atoms with Gasteiger partial charge in [0.1, 0.15) is 12.4 Å².